The largest absolute Gasteiger partial charge is 2.00 e. The zero-order valence-corrected chi connectivity index (χ0v) is 21.6. The van der Waals surface area contributed by atoms with E-state index in [9.17, 15) is 22.8 Å². The minimum atomic E-state index is -4.88. The van der Waals surface area contributed by atoms with Crippen molar-refractivity contribution in [2.45, 2.75) is 32.4 Å². The van der Waals surface area contributed by atoms with E-state index in [1.165, 1.54) is 23.6 Å². The number of aromatic nitrogens is 3. The van der Waals surface area contributed by atoms with E-state index in [1.807, 2.05) is 26.0 Å². The fourth-order valence-electron chi connectivity index (χ4n) is 3.16. The number of halogens is 3. The molecule has 0 unspecified atom stereocenters. The summed E-state index contributed by atoms with van der Waals surface area (Å²) in [6.45, 7) is 3.75. The molecule has 3 aromatic rings. The minimum absolute atomic E-state index is 0. The van der Waals surface area contributed by atoms with Crippen molar-refractivity contribution in [1.82, 2.24) is 20.3 Å². The molecule has 3 heterocycles. The van der Waals surface area contributed by atoms with Crippen LogP contribution < -0.4 is 20.1 Å². The van der Waals surface area contributed by atoms with Gasteiger partial charge in [-0.25, -0.2) is 16.1 Å². The van der Waals surface area contributed by atoms with Crippen LogP contribution in [0.25, 0.3) is 11.0 Å². The van der Waals surface area contributed by atoms with Crippen LogP contribution in [-0.2, 0) is 26.6 Å². The van der Waals surface area contributed by atoms with Crippen LogP contribution in [0.15, 0.2) is 53.3 Å². The molecule has 38 heavy (non-hydrogen) atoms. The third-order valence-corrected chi connectivity index (χ3v) is 5.31. The summed E-state index contributed by atoms with van der Waals surface area (Å²) >= 11 is 0.975. The molecular weight excluding hydrogens is 570 g/mol. The molecule has 0 spiro atoms. The number of H-pyrrole nitrogens is 1. The number of imidazole rings is 1. The van der Waals surface area contributed by atoms with Gasteiger partial charge in [0.25, 0.3) is 0 Å². The van der Waals surface area contributed by atoms with Gasteiger partial charge in [-0.15, -0.1) is 18.6 Å². The zero-order valence-electron chi connectivity index (χ0n) is 19.6. The van der Waals surface area contributed by atoms with Gasteiger partial charge in [0, 0.05) is 20.1 Å². The first-order chi connectivity index (χ1) is 17.5. The number of urea groups is 1. The molecule has 5 rings (SSSR count). The van der Waals surface area contributed by atoms with Crippen molar-refractivity contribution in [2.75, 3.05) is 5.32 Å². The van der Waals surface area contributed by atoms with Crippen molar-refractivity contribution in [3.05, 3.63) is 65.3 Å². The summed E-state index contributed by atoms with van der Waals surface area (Å²) in [6, 6.07) is 2.91. The average molecular weight is 588 g/mol. The number of benzene rings is 1. The van der Waals surface area contributed by atoms with Crippen LogP contribution in [0, 0.1) is 6.33 Å². The van der Waals surface area contributed by atoms with Crippen LogP contribution in [0.3, 0.4) is 0 Å². The Morgan fingerprint density at radius 1 is 1.26 bits per heavy atom. The quantitative estimate of drug-likeness (QED) is 0.294. The van der Waals surface area contributed by atoms with Crippen molar-refractivity contribution < 1.29 is 54.0 Å². The van der Waals surface area contributed by atoms with E-state index in [2.05, 4.69) is 36.6 Å². The molecule has 15 heteroatoms. The fourth-order valence-corrected chi connectivity index (χ4v) is 3.79. The Hall–Kier alpha value is -3.81. The van der Waals surface area contributed by atoms with Crippen LogP contribution in [0.5, 0.6) is 11.5 Å². The van der Waals surface area contributed by atoms with E-state index in [0.717, 1.165) is 33.9 Å². The number of anilines is 1. The van der Waals surface area contributed by atoms with E-state index < -0.39 is 23.9 Å². The number of carbonyl (C=O) groups excluding carboxylic acids is 2. The molecule has 2 aliphatic rings. The van der Waals surface area contributed by atoms with Gasteiger partial charge in [0.1, 0.15) is 5.76 Å². The Morgan fingerprint density at radius 3 is 2.68 bits per heavy atom. The molecule has 0 saturated carbocycles. The fraction of sp³-hybridized carbons (Fsp3) is 0.217. The first-order valence-electron chi connectivity index (χ1n) is 10.5. The maximum absolute atomic E-state index is 12.4. The van der Waals surface area contributed by atoms with Gasteiger partial charge in [-0.3, -0.25) is 10.3 Å². The summed E-state index contributed by atoms with van der Waals surface area (Å²) in [4.78, 5) is 32.9. The zero-order chi connectivity index (χ0) is 26.6. The summed E-state index contributed by atoms with van der Waals surface area (Å²) in [6.07, 6.45) is 5.11. The van der Waals surface area contributed by atoms with Crippen LogP contribution >= 0.6 is 11.3 Å². The molecule has 2 aromatic heterocycles. The topological polar surface area (TPSA) is 127 Å². The Bertz CT molecular complexity index is 1370. The van der Waals surface area contributed by atoms with Crippen molar-refractivity contribution >= 4 is 39.8 Å². The Labute approximate surface area is 228 Å². The summed E-state index contributed by atoms with van der Waals surface area (Å²) < 4.78 is 52.2. The number of amides is 2. The van der Waals surface area contributed by atoms with Gasteiger partial charge in [0.15, 0.2) is 16.6 Å². The van der Waals surface area contributed by atoms with Gasteiger partial charge in [-0.05, 0) is 24.9 Å². The van der Waals surface area contributed by atoms with Crippen molar-refractivity contribution in [3.63, 3.8) is 0 Å². The van der Waals surface area contributed by atoms with Crippen LogP contribution in [0.2, 0.25) is 0 Å². The van der Waals surface area contributed by atoms with Gasteiger partial charge >= 0.3 is 29.5 Å². The Morgan fingerprint density at radius 2 is 2.00 bits per heavy atom. The molecular formula is C23H18F3MnN5O5S. The van der Waals surface area contributed by atoms with Gasteiger partial charge < -0.3 is 34.3 Å². The molecule has 10 nitrogen and oxygen atoms in total. The van der Waals surface area contributed by atoms with Gasteiger partial charge in [-0.2, -0.15) is 0 Å². The molecule has 1 aromatic carbocycles. The maximum Gasteiger partial charge on any atom is 2.00 e. The number of allylic oxidation sites excluding steroid dienone is 4. The number of rotatable bonds is 4. The Kier molecular flexibility index (Phi) is 8.86. The first-order valence-corrected chi connectivity index (χ1v) is 11.4. The summed E-state index contributed by atoms with van der Waals surface area (Å²) in [5.74, 6) is 0.395. The number of ether oxygens (including phenoxy) is 3. The van der Waals surface area contributed by atoms with Crippen molar-refractivity contribution in [1.29, 1.82) is 0 Å². The first kappa shape index (κ1) is 28.8. The molecule has 3 N–H and O–H groups in total. The van der Waals surface area contributed by atoms with Crippen molar-refractivity contribution in [2.24, 2.45) is 0 Å². The van der Waals surface area contributed by atoms with Crippen LogP contribution in [-0.4, -0.2) is 39.4 Å². The monoisotopic (exact) mass is 588 g/mol. The van der Waals surface area contributed by atoms with Crippen molar-refractivity contribution in [3.8, 4) is 11.5 Å². The third kappa shape index (κ3) is 7.60. The summed E-state index contributed by atoms with van der Waals surface area (Å²) in [5, 5.41) is 6.01. The van der Waals surface area contributed by atoms with E-state index in [1.54, 1.807) is 12.4 Å². The number of carbonyl (C=O) groups is 1. The van der Waals surface area contributed by atoms with Gasteiger partial charge in [0.2, 0.25) is 5.79 Å². The number of alkyl halides is 3. The van der Waals surface area contributed by atoms with E-state index in [-0.39, 0.29) is 40.0 Å². The number of fused-ring (bicyclic) bond motifs is 2. The second-order valence-electron chi connectivity index (χ2n) is 7.85. The minimum Gasteiger partial charge on any atom is -0.460 e. The molecule has 1 aliphatic heterocycles. The van der Waals surface area contributed by atoms with E-state index >= 15 is 0 Å². The van der Waals surface area contributed by atoms with Crippen LogP contribution in [0.4, 0.5) is 23.1 Å². The van der Waals surface area contributed by atoms with Gasteiger partial charge in [0.05, 0.1) is 5.70 Å². The molecule has 199 valence electrons. The number of nitrogens with one attached hydrogen (secondary N) is 3. The number of hydrogen-bond donors (Lipinski definition) is 3. The second kappa shape index (κ2) is 11.7. The molecule has 0 fully saturated rings. The predicted molar refractivity (Wildman–Crippen MR) is 126 cm³/mol. The maximum atomic E-state index is 12.4. The van der Waals surface area contributed by atoms with Crippen LogP contribution in [0.1, 0.15) is 26.0 Å². The smallest absolute Gasteiger partial charge is 0.460 e. The average Bonchev–Trinajstić information content (AvgIpc) is 3.48. The van der Waals surface area contributed by atoms with E-state index in [4.69, 9.17) is 9.47 Å². The SMILES string of the molecule is CC1(C)Oc2cc3n[c-][nH]c3cc2O1.O=[C-]c1csc(NC(=O)NC2=CC=CCC=C2OC(F)(F)F)n1.[Mn+2]. The predicted octanol–water partition coefficient (Wildman–Crippen LogP) is 4.85. The molecule has 0 bridgehead atoms. The summed E-state index contributed by atoms with van der Waals surface area (Å²) in [7, 11) is 0. The summed E-state index contributed by atoms with van der Waals surface area (Å²) in [5.41, 5.74) is 1.60. The number of nitrogens with zero attached hydrogens (tertiary/aromatic N) is 2. The number of hydrogen-bond acceptors (Lipinski definition) is 8. The molecule has 2 amide bonds. The molecule has 0 saturated heterocycles. The molecule has 1 aliphatic carbocycles. The second-order valence-corrected chi connectivity index (χ2v) is 8.71. The van der Waals surface area contributed by atoms with Gasteiger partial charge in [-0.1, -0.05) is 41.0 Å². The molecule has 1 radical (unpaired) electrons. The Balaban J connectivity index is 0.000000227. The standard InChI is InChI=1S/C13H9F3N3O3S.C10H9N2O2.Mn/c14-13(15,16)22-10-5-3-1-2-4-9(10)18-11(21)19-12-17-8(6-20)7-23-12;1-10(2)13-8-3-6-7(12-5-11-6)4-9(8)14-10;/h1-2,4-5,7H,3H2,(H2,17,18,19,21);3-4H,1-2H3,(H,11,12);/q2*-1;+2. The number of thiazole rings is 1. The normalized spacial score (nSPS) is 15.2. The molecule has 0 atom stereocenters. The van der Waals surface area contributed by atoms with E-state index in [0.29, 0.717) is 0 Å². The number of aromatic amines is 1. The third-order valence-electron chi connectivity index (χ3n) is 4.55.